The third kappa shape index (κ3) is 1.88. The Bertz CT molecular complexity index is 832. The Kier molecular flexibility index (Phi) is 2.81. The molecule has 5 rings (SSSR count). The van der Waals surface area contributed by atoms with E-state index in [0.717, 1.165) is 17.2 Å². The van der Waals surface area contributed by atoms with Crippen molar-refractivity contribution in [3.63, 3.8) is 0 Å². The fourth-order valence-corrected chi connectivity index (χ4v) is 4.65. The van der Waals surface area contributed by atoms with E-state index in [1.54, 1.807) is 11.3 Å². The van der Waals surface area contributed by atoms with Crippen LogP contribution in [0.25, 0.3) is 4.85 Å². The Morgan fingerprint density at radius 3 is 2.57 bits per heavy atom. The zero-order valence-electron chi connectivity index (χ0n) is 12.9. The van der Waals surface area contributed by atoms with E-state index >= 15 is 0 Å². The van der Waals surface area contributed by atoms with Crippen LogP contribution >= 0.6 is 11.3 Å². The first kappa shape index (κ1) is 13.5. The van der Waals surface area contributed by atoms with E-state index < -0.39 is 0 Å². The Balaban J connectivity index is 1.63. The fraction of sp³-hybridized carbons (Fsp3) is 0.500. The highest BCUT2D eigenvalue weighted by Gasteiger charge is 2.45. The first-order chi connectivity index (χ1) is 11.3. The second kappa shape index (κ2) is 4.78. The first-order valence-corrected chi connectivity index (χ1v) is 9.24. The minimum Gasteiger partial charge on any atom is -0.311 e. The monoisotopic (exact) mass is 322 g/mol. The van der Waals surface area contributed by atoms with Crippen molar-refractivity contribution in [2.75, 3.05) is 0 Å². The molecular weight excluding hydrogens is 304 g/mol. The van der Waals surface area contributed by atoms with Crippen LogP contribution in [0.3, 0.4) is 0 Å². The lowest BCUT2D eigenvalue weighted by Gasteiger charge is -2.35. The van der Waals surface area contributed by atoms with Gasteiger partial charge in [-0.25, -0.2) is 4.85 Å². The Hall–Kier alpha value is -1.93. The number of hydrogen-bond acceptors (Lipinski definition) is 3. The van der Waals surface area contributed by atoms with Crippen molar-refractivity contribution in [1.82, 2.24) is 14.8 Å². The van der Waals surface area contributed by atoms with Crippen molar-refractivity contribution >= 4 is 16.3 Å². The molecule has 3 aliphatic carbocycles. The molecule has 23 heavy (non-hydrogen) atoms. The molecule has 0 aliphatic heterocycles. The maximum absolute atomic E-state index is 7.24. The van der Waals surface area contributed by atoms with Crippen LogP contribution in [-0.2, 0) is 5.41 Å². The average molecular weight is 322 g/mol. The van der Waals surface area contributed by atoms with E-state index in [4.69, 9.17) is 6.57 Å². The minimum atomic E-state index is -0.148. The zero-order chi connectivity index (χ0) is 15.4. The van der Waals surface area contributed by atoms with E-state index in [1.807, 2.05) is 6.07 Å². The van der Waals surface area contributed by atoms with Crippen molar-refractivity contribution in [3.05, 3.63) is 52.2 Å². The van der Waals surface area contributed by atoms with Gasteiger partial charge in [0.25, 0.3) is 0 Å². The van der Waals surface area contributed by atoms with Gasteiger partial charge in [0.05, 0.1) is 12.0 Å². The van der Waals surface area contributed by atoms with Crippen molar-refractivity contribution in [2.45, 2.75) is 55.9 Å². The van der Waals surface area contributed by atoms with Crippen LogP contribution in [-0.4, -0.2) is 14.8 Å². The summed E-state index contributed by atoms with van der Waals surface area (Å²) in [6.45, 7) is 7.24. The van der Waals surface area contributed by atoms with Gasteiger partial charge in [-0.1, -0.05) is 24.6 Å². The standard InChI is InChI=1S/C18H18N4S/c1-19-15-9-8-14(23-15)18(10-3-11-18)17-21-20-16(12-4-2-5-12)22(17)13-6-7-13/h3,8-10,12-13H,2,4-7,11H2. The van der Waals surface area contributed by atoms with Crippen LogP contribution < -0.4 is 0 Å². The Morgan fingerprint density at radius 2 is 2.04 bits per heavy atom. The first-order valence-electron chi connectivity index (χ1n) is 8.42. The molecule has 2 aromatic heterocycles. The topological polar surface area (TPSA) is 35.1 Å². The van der Waals surface area contributed by atoms with Crippen molar-refractivity contribution < 1.29 is 0 Å². The van der Waals surface area contributed by atoms with Gasteiger partial charge >= 0.3 is 0 Å². The van der Waals surface area contributed by atoms with Crippen LogP contribution in [0.15, 0.2) is 24.3 Å². The van der Waals surface area contributed by atoms with Crippen molar-refractivity contribution in [1.29, 1.82) is 0 Å². The second-order valence-electron chi connectivity index (χ2n) is 6.94. The van der Waals surface area contributed by atoms with E-state index in [9.17, 15) is 0 Å². The van der Waals surface area contributed by atoms with Gasteiger partial charge in [-0.3, -0.25) is 0 Å². The van der Waals surface area contributed by atoms with Crippen LogP contribution in [0.5, 0.6) is 0 Å². The van der Waals surface area contributed by atoms with Gasteiger partial charge in [-0.05, 0) is 38.2 Å². The third-order valence-electron chi connectivity index (χ3n) is 5.49. The molecule has 1 atom stereocenters. The van der Waals surface area contributed by atoms with Gasteiger partial charge in [0.2, 0.25) is 5.00 Å². The van der Waals surface area contributed by atoms with E-state index in [0.29, 0.717) is 12.0 Å². The number of allylic oxidation sites excluding steroid dienone is 2. The molecule has 2 saturated carbocycles. The second-order valence-corrected chi connectivity index (χ2v) is 8.00. The van der Waals surface area contributed by atoms with E-state index in [2.05, 4.69) is 37.8 Å². The average Bonchev–Trinajstić information content (AvgIpc) is 3.03. The summed E-state index contributed by atoms with van der Waals surface area (Å²) in [5.41, 5.74) is -0.148. The summed E-state index contributed by atoms with van der Waals surface area (Å²) in [6, 6.07) is 4.64. The molecule has 3 aliphatic rings. The van der Waals surface area contributed by atoms with Gasteiger partial charge in [-0.15, -0.1) is 10.2 Å². The molecule has 0 spiro atoms. The lowest BCUT2D eigenvalue weighted by Crippen LogP contribution is -2.33. The molecule has 0 amide bonds. The van der Waals surface area contributed by atoms with Gasteiger partial charge in [-0.2, -0.15) is 11.3 Å². The summed E-state index contributed by atoms with van der Waals surface area (Å²) in [5.74, 6) is 2.94. The fourth-order valence-electron chi connectivity index (χ4n) is 3.68. The zero-order valence-corrected chi connectivity index (χ0v) is 13.7. The molecule has 116 valence electrons. The van der Waals surface area contributed by atoms with Crippen LogP contribution in [0, 0.1) is 6.57 Å². The van der Waals surface area contributed by atoms with Crippen LogP contribution in [0.4, 0.5) is 5.00 Å². The van der Waals surface area contributed by atoms with Crippen LogP contribution in [0.2, 0.25) is 0 Å². The number of nitrogens with zero attached hydrogens (tertiary/aromatic N) is 4. The number of aromatic nitrogens is 3. The summed E-state index contributed by atoms with van der Waals surface area (Å²) >= 11 is 1.60. The van der Waals surface area contributed by atoms with E-state index in [-0.39, 0.29) is 5.41 Å². The molecule has 0 aromatic carbocycles. The van der Waals surface area contributed by atoms with Crippen molar-refractivity contribution in [2.24, 2.45) is 0 Å². The predicted octanol–water partition coefficient (Wildman–Crippen LogP) is 4.74. The molecule has 1 unspecified atom stereocenters. The van der Waals surface area contributed by atoms with Crippen LogP contribution in [0.1, 0.15) is 67.0 Å². The highest BCUT2D eigenvalue weighted by Crippen LogP contribution is 2.51. The smallest absolute Gasteiger partial charge is 0.241 e. The maximum Gasteiger partial charge on any atom is 0.241 e. The molecule has 2 heterocycles. The lowest BCUT2D eigenvalue weighted by molar-refractivity contribution is 0.381. The Labute approximate surface area is 139 Å². The number of rotatable bonds is 4. The quantitative estimate of drug-likeness (QED) is 0.602. The lowest BCUT2D eigenvalue weighted by atomic mass is 9.74. The molecule has 0 N–H and O–H groups in total. The molecule has 0 bridgehead atoms. The maximum atomic E-state index is 7.24. The van der Waals surface area contributed by atoms with Crippen molar-refractivity contribution in [3.8, 4) is 0 Å². The summed E-state index contributed by atoms with van der Waals surface area (Å²) in [6.07, 6.45) is 11.8. The molecule has 2 fully saturated rings. The van der Waals surface area contributed by atoms with E-state index in [1.165, 1.54) is 42.8 Å². The molecule has 2 aromatic rings. The number of hydrogen-bond donors (Lipinski definition) is 0. The highest BCUT2D eigenvalue weighted by atomic mass is 32.1. The molecule has 4 nitrogen and oxygen atoms in total. The normalized spacial score (nSPS) is 26.6. The largest absolute Gasteiger partial charge is 0.311 e. The van der Waals surface area contributed by atoms with Gasteiger partial charge < -0.3 is 4.57 Å². The Morgan fingerprint density at radius 1 is 1.22 bits per heavy atom. The summed E-state index contributed by atoms with van der Waals surface area (Å²) < 4.78 is 2.46. The molecule has 0 saturated heterocycles. The molecule has 5 heteroatoms. The summed E-state index contributed by atoms with van der Waals surface area (Å²) in [7, 11) is 0. The van der Waals surface area contributed by atoms with Gasteiger partial charge in [0.1, 0.15) is 11.6 Å². The minimum absolute atomic E-state index is 0.148. The summed E-state index contributed by atoms with van der Waals surface area (Å²) in [4.78, 5) is 4.82. The predicted molar refractivity (Wildman–Crippen MR) is 90.0 cm³/mol. The third-order valence-corrected chi connectivity index (χ3v) is 6.64. The summed E-state index contributed by atoms with van der Waals surface area (Å²) in [5, 5.41) is 10.1. The SMILES string of the molecule is [C-]#[N+]c1ccc(C2(c3nnc(C4CCC4)n3C3CC3)C=CC2)s1. The molecule has 0 radical (unpaired) electrons. The van der Waals surface area contributed by atoms with Gasteiger partial charge in [0, 0.05) is 16.8 Å². The van der Waals surface area contributed by atoms with Gasteiger partial charge in [0.15, 0.2) is 0 Å². The highest BCUT2D eigenvalue weighted by molar-refractivity contribution is 7.16. The molecular formula is C18H18N4S. The number of thiophene rings is 1.